The summed E-state index contributed by atoms with van der Waals surface area (Å²) >= 11 is 0. The molecule has 1 heterocycles. The van der Waals surface area contributed by atoms with Crippen LogP contribution in [0.5, 0.6) is 0 Å². The molecule has 0 aromatic carbocycles. The molecule has 0 bridgehead atoms. The van der Waals surface area contributed by atoms with E-state index in [9.17, 15) is 9.59 Å². The van der Waals surface area contributed by atoms with E-state index in [1.165, 1.54) is 4.90 Å². The Morgan fingerprint density at radius 3 is 2.77 bits per heavy atom. The van der Waals surface area contributed by atoms with Crippen molar-refractivity contribution >= 4 is 11.8 Å². The summed E-state index contributed by atoms with van der Waals surface area (Å²) in [5, 5.41) is 9.15. The molecule has 1 rings (SSSR count). The Balaban J connectivity index is 2.71. The lowest BCUT2D eigenvalue weighted by Gasteiger charge is -2.23. The Morgan fingerprint density at radius 1 is 1.85 bits per heavy atom. The lowest BCUT2D eigenvalue weighted by Crippen LogP contribution is -2.46. The van der Waals surface area contributed by atoms with Crippen LogP contribution in [0.3, 0.4) is 0 Å². The molecule has 1 aliphatic rings. The molecule has 1 fully saturated rings. The summed E-state index contributed by atoms with van der Waals surface area (Å²) in [6, 6.07) is -0.565. The third-order valence-corrected chi connectivity index (χ3v) is 2.30. The largest absolute Gasteiger partial charge is 0.383 e. The first kappa shape index (κ1) is 9.98. The number of nitrogens with zero attached hydrogens (tertiary/aromatic N) is 1. The molecule has 0 spiro atoms. The molecule has 0 aliphatic carbocycles. The van der Waals surface area contributed by atoms with Crippen molar-refractivity contribution in [1.29, 1.82) is 0 Å². The van der Waals surface area contributed by atoms with Gasteiger partial charge in [0.05, 0.1) is 0 Å². The number of aliphatic hydroxyl groups excluding tert-OH is 1. The smallest absolute Gasteiger partial charge is 0.252 e. The SMILES string of the molecule is CC[C@@H](C(N)=O)N1CC[C@@H](O)C1=O. The van der Waals surface area contributed by atoms with Gasteiger partial charge in [0.2, 0.25) is 5.91 Å². The highest BCUT2D eigenvalue weighted by molar-refractivity contribution is 5.89. The fourth-order valence-corrected chi connectivity index (χ4v) is 1.57. The summed E-state index contributed by atoms with van der Waals surface area (Å²) in [5.74, 6) is -0.893. The van der Waals surface area contributed by atoms with Gasteiger partial charge in [0, 0.05) is 6.54 Å². The first-order valence-corrected chi connectivity index (χ1v) is 4.35. The van der Waals surface area contributed by atoms with Crippen molar-refractivity contribution in [1.82, 2.24) is 4.90 Å². The van der Waals surface area contributed by atoms with Gasteiger partial charge in [-0.3, -0.25) is 9.59 Å². The van der Waals surface area contributed by atoms with Crippen LogP contribution < -0.4 is 5.73 Å². The van der Waals surface area contributed by atoms with Gasteiger partial charge >= 0.3 is 0 Å². The van der Waals surface area contributed by atoms with E-state index in [1.807, 2.05) is 0 Å². The monoisotopic (exact) mass is 186 g/mol. The second-order valence-corrected chi connectivity index (χ2v) is 3.16. The molecule has 2 atom stereocenters. The second kappa shape index (κ2) is 3.74. The average Bonchev–Trinajstić information content (AvgIpc) is 2.37. The predicted molar refractivity (Wildman–Crippen MR) is 45.6 cm³/mol. The fourth-order valence-electron chi connectivity index (χ4n) is 1.57. The van der Waals surface area contributed by atoms with Crippen LogP contribution in [0.25, 0.3) is 0 Å². The van der Waals surface area contributed by atoms with Crippen LogP contribution in [0.4, 0.5) is 0 Å². The molecule has 0 aromatic rings. The average molecular weight is 186 g/mol. The quantitative estimate of drug-likeness (QED) is 0.583. The summed E-state index contributed by atoms with van der Waals surface area (Å²) in [6.07, 6.45) is -0.0652. The van der Waals surface area contributed by atoms with Gasteiger partial charge in [0.25, 0.3) is 5.91 Å². The number of aliphatic hydroxyl groups is 1. The van der Waals surface area contributed by atoms with Crippen LogP contribution in [0, 0.1) is 0 Å². The minimum Gasteiger partial charge on any atom is -0.383 e. The highest BCUT2D eigenvalue weighted by atomic mass is 16.3. The van der Waals surface area contributed by atoms with Gasteiger partial charge in [-0.2, -0.15) is 0 Å². The maximum Gasteiger partial charge on any atom is 0.252 e. The van der Waals surface area contributed by atoms with Crippen LogP contribution in [0.15, 0.2) is 0 Å². The van der Waals surface area contributed by atoms with Crippen molar-refractivity contribution in [3.05, 3.63) is 0 Å². The van der Waals surface area contributed by atoms with Gasteiger partial charge in [0.1, 0.15) is 12.1 Å². The van der Waals surface area contributed by atoms with Gasteiger partial charge in [-0.25, -0.2) is 0 Å². The molecule has 0 aromatic heterocycles. The highest BCUT2D eigenvalue weighted by Crippen LogP contribution is 2.15. The molecule has 0 radical (unpaired) electrons. The highest BCUT2D eigenvalue weighted by Gasteiger charge is 2.35. The van der Waals surface area contributed by atoms with Crippen molar-refractivity contribution in [2.75, 3.05) is 6.54 Å². The summed E-state index contributed by atoms with van der Waals surface area (Å²) < 4.78 is 0. The number of nitrogens with two attached hydrogens (primary N) is 1. The number of amides is 2. The van der Waals surface area contributed by atoms with E-state index < -0.39 is 18.1 Å². The zero-order chi connectivity index (χ0) is 10.0. The molecule has 13 heavy (non-hydrogen) atoms. The number of likely N-dealkylation sites (tertiary alicyclic amines) is 1. The third-order valence-electron chi connectivity index (χ3n) is 2.30. The minimum absolute atomic E-state index is 0.384. The Hall–Kier alpha value is -1.10. The molecule has 1 aliphatic heterocycles. The van der Waals surface area contributed by atoms with Crippen LogP contribution in [-0.4, -0.2) is 40.5 Å². The summed E-state index contributed by atoms with van der Waals surface area (Å²) in [4.78, 5) is 23.5. The topological polar surface area (TPSA) is 83.6 Å². The number of hydrogen-bond donors (Lipinski definition) is 2. The number of primary amides is 1. The summed E-state index contributed by atoms with van der Waals surface area (Å²) in [6.45, 7) is 2.20. The third kappa shape index (κ3) is 1.80. The normalized spacial score (nSPS) is 24.9. The minimum atomic E-state index is -0.951. The zero-order valence-corrected chi connectivity index (χ0v) is 7.56. The van der Waals surface area contributed by atoms with Crippen molar-refractivity contribution < 1.29 is 14.7 Å². The van der Waals surface area contributed by atoms with Crippen LogP contribution in [-0.2, 0) is 9.59 Å². The molecule has 2 amide bonds. The Morgan fingerprint density at radius 2 is 2.46 bits per heavy atom. The number of carbonyl (C=O) groups excluding carboxylic acids is 2. The zero-order valence-electron chi connectivity index (χ0n) is 7.56. The first-order valence-electron chi connectivity index (χ1n) is 4.35. The second-order valence-electron chi connectivity index (χ2n) is 3.16. The van der Waals surface area contributed by atoms with E-state index in [4.69, 9.17) is 10.8 Å². The molecule has 5 nitrogen and oxygen atoms in total. The maximum atomic E-state index is 11.3. The molecule has 5 heteroatoms. The molecular weight excluding hydrogens is 172 g/mol. The molecular formula is C8H14N2O3. The van der Waals surface area contributed by atoms with Crippen molar-refractivity contribution in [2.24, 2.45) is 5.73 Å². The van der Waals surface area contributed by atoms with Gasteiger partial charge in [-0.15, -0.1) is 0 Å². The Labute approximate surface area is 76.5 Å². The van der Waals surface area contributed by atoms with Gasteiger partial charge in [-0.1, -0.05) is 6.92 Å². The fraction of sp³-hybridized carbons (Fsp3) is 0.750. The lowest BCUT2D eigenvalue weighted by atomic mass is 10.2. The van der Waals surface area contributed by atoms with Crippen molar-refractivity contribution in [3.8, 4) is 0 Å². The van der Waals surface area contributed by atoms with Crippen LogP contribution in [0.2, 0.25) is 0 Å². The summed E-state index contributed by atoms with van der Waals surface area (Å²) in [5.41, 5.74) is 5.12. The maximum absolute atomic E-state index is 11.3. The summed E-state index contributed by atoms with van der Waals surface area (Å²) in [7, 11) is 0. The van der Waals surface area contributed by atoms with E-state index in [2.05, 4.69) is 0 Å². The first-order chi connectivity index (χ1) is 6.07. The van der Waals surface area contributed by atoms with Crippen molar-refractivity contribution in [2.45, 2.75) is 31.9 Å². The van der Waals surface area contributed by atoms with Gasteiger partial charge in [0.15, 0.2) is 0 Å². The predicted octanol–water partition coefficient (Wildman–Crippen LogP) is -1.16. The Bertz CT molecular complexity index is 229. The lowest BCUT2D eigenvalue weighted by molar-refractivity contribution is -0.140. The van der Waals surface area contributed by atoms with Crippen molar-refractivity contribution in [3.63, 3.8) is 0 Å². The number of carbonyl (C=O) groups is 2. The molecule has 0 unspecified atom stereocenters. The van der Waals surface area contributed by atoms with Crippen LogP contribution >= 0.6 is 0 Å². The molecule has 1 saturated heterocycles. The van der Waals surface area contributed by atoms with E-state index in [1.54, 1.807) is 6.92 Å². The van der Waals surface area contributed by atoms with Gasteiger partial charge < -0.3 is 15.7 Å². The van der Waals surface area contributed by atoms with E-state index in [-0.39, 0.29) is 5.91 Å². The standard InChI is InChI=1S/C8H14N2O3/c1-2-5(7(9)12)10-4-3-6(11)8(10)13/h5-6,11H,2-4H2,1H3,(H2,9,12)/t5-,6+/m0/s1. The van der Waals surface area contributed by atoms with Gasteiger partial charge in [-0.05, 0) is 12.8 Å². The number of rotatable bonds is 3. The molecule has 74 valence electrons. The van der Waals surface area contributed by atoms with E-state index >= 15 is 0 Å². The Kier molecular flexibility index (Phi) is 2.87. The number of hydrogen-bond acceptors (Lipinski definition) is 3. The molecule has 3 N–H and O–H groups in total. The van der Waals surface area contributed by atoms with E-state index in [0.717, 1.165) is 0 Å². The van der Waals surface area contributed by atoms with Crippen LogP contribution in [0.1, 0.15) is 19.8 Å². The van der Waals surface area contributed by atoms with E-state index in [0.29, 0.717) is 19.4 Å². The molecule has 0 saturated carbocycles.